The molecular weight excluding hydrogens is 394 g/mol. The third kappa shape index (κ3) is 4.68. The number of alkyl halides is 3. The number of hydrogen-bond acceptors (Lipinski definition) is 6. The highest BCUT2D eigenvalue weighted by molar-refractivity contribution is 7.93. The van der Waals surface area contributed by atoms with Crippen LogP contribution in [0.25, 0.3) is 11.0 Å². The number of carbonyl (C=O) groups is 1. The van der Waals surface area contributed by atoms with Gasteiger partial charge in [0, 0.05) is 13.1 Å². The van der Waals surface area contributed by atoms with Gasteiger partial charge in [0.25, 0.3) is 0 Å². The van der Waals surface area contributed by atoms with Crippen molar-refractivity contribution in [1.29, 1.82) is 0 Å². The van der Waals surface area contributed by atoms with Crippen LogP contribution >= 0.6 is 25.1 Å². The fourth-order valence-corrected chi connectivity index (χ4v) is 2.89. The molecule has 0 bridgehead atoms. The number of nitrogens with one attached hydrogen (secondary N) is 1. The second-order valence-electron chi connectivity index (χ2n) is 5.32. The van der Waals surface area contributed by atoms with Crippen LogP contribution in [0.2, 0.25) is 0 Å². The zero-order valence-electron chi connectivity index (χ0n) is 13.4. The zero-order chi connectivity index (χ0) is 19.3. The minimum Gasteiger partial charge on any atom is -0.339 e. The summed E-state index contributed by atoms with van der Waals surface area (Å²) in [5, 5.41) is 2.15. The molecule has 142 valence electrons. The normalized spacial score (nSPS) is 13.5. The highest BCUT2D eigenvalue weighted by Crippen LogP contribution is 2.24. The smallest absolute Gasteiger partial charge is 0.339 e. The lowest BCUT2D eigenvalue weighted by molar-refractivity contribution is -0.159. The van der Waals surface area contributed by atoms with Gasteiger partial charge >= 0.3 is 6.18 Å². The first-order chi connectivity index (χ1) is 12.3. The van der Waals surface area contributed by atoms with Crippen molar-refractivity contribution in [3.8, 4) is 0 Å². The van der Waals surface area contributed by atoms with Crippen LogP contribution < -0.4 is 5.32 Å². The van der Waals surface area contributed by atoms with Gasteiger partial charge in [-0.05, 0) is 37.6 Å². The Hall–Kier alpha value is -1.79. The quantitative estimate of drug-likeness (QED) is 0.305. The summed E-state index contributed by atoms with van der Waals surface area (Å²) in [6, 6.07) is 2.91. The van der Waals surface area contributed by atoms with E-state index in [1.807, 2.05) is 0 Å². The van der Waals surface area contributed by atoms with Crippen LogP contribution in [0.15, 0.2) is 22.6 Å². The number of hydrogen-bond donors (Lipinski definition) is 2. The van der Waals surface area contributed by atoms with E-state index in [0.717, 1.165) is 4.90 Å². The molecule has 0 spiro atoms. The van der Waals surface area contributed by atoms with Gasteiger partial charge in [-0.2, -0.15) is 13.2 Å². The number of imidazole rings is 1. The lowest BCUT2D eigenvalue weighted by atomic mass is 10.1. The number of amides is 1. The lowest BCUT2D eigenvalue weighted by Gasteiger charge is -2.25. The Morgan fingerprint density at radius 1 is 1.50 bits per heavy atom. The van der Waals surface area contributed by atoms with Crippen LogP contribution in [0.3, 0.4) is 0 Å². The van der Waals surface area contributed by atoms with Gasteiger partial charge in [0.2, 0.25) is 6.41 Å². The Kier molecular flexibility index (Phi) is 6.89. The van der Waals surface area contributed by atoms with E-state index in [-0.39, 0.29) is 24.7 Å². The minimum atomic E-state index is -4.47. The third-order valence-corrected chi connectivity index (χ3v) is 4.28. The van der Waals surface area contributed by atoms with E-state index >= 15 is 0 Å². The van der Waals surface area contributed by atoms with Gasteiger partial charge in [-0.1, -0.05) is 6.07 Å². The summed E-state index contributed by atoms with van der Waals surface area (Å²) in [5.74, 6) is 0.221. The van der Waals surface area contributed by atoms with Crippen LogP contribution in [0, 0.1) is 0 Å². The third-order valence-electron chi connectivity index (χ3n) is 3.64. The van der Waals surface area contributed by atoms with Crippen molar-refractivity contribution in [2.24, 2.45) is 4.40 Å². The molecule has 2 rings (SSSR count). The summed E-state index contributed by atoms with van der Waals surface area (Å²) < 4.78 is 56.4. The van der Waals surface area contributed by atoms with Gasteiger partial charge in [-0.25, -0.2) is 13.4 Å². The van der Waals surface area contributed by atoms with Crippen molar-refractivity contribution in [3.05, 3.63) is 29.6 Å². The Morgan fingerprint density at radius 3 is 2.77 bits per heavy atom. The van der Waals surface area contributed by atoms with Crippen molar-refractivity contribution < 1.29 is 21.9 Å². The lowest BCUT2D eigenvalue weighted by Crippen LogP contribution is -2.48. The number of thiol groups is 1. The van der Waals surface area contributed by atoms with Crippen LogP contribution in [0.1, 0.15) is 11.4 Å². The van der Waals surface area contributed by atoms with Gasteiger partial charge in [-0.3, -0.25) is 4.79 Å². The Morgan fingerprint density at radius 2 is 2.23 bits per heavy atom. The number of likely N-dealkylation sites (N-methyl/N-ethyl adjacent to an activating group) is 1. The fourth-order valence-electron chi connectivity index (χ4n) is 2.40. The molecule has 0 aliphatic carbocycles. The van der Waals surface area contributed by atoms with Crippen molar-refractivity contribution in [2.75, 3.05) is 13.6 Å². The Balaban J connectivity index is 2.25. The van der Waals surface area contributed by atoms with Crippen molar-refractivity contribution in [1.82, 2.24) is 19.2 Å². The van der Waals surface area contributed by atoms with E-state index in [1.54, 1.807) is 18.2 Å². The van der Waals surface area contributed by atoms with E-state index in [9.17, 15) is 21.9 Å². The number of rotatable bonds is 8. The maximum absolute atomic E-state index is 13.1. The summed E-state index contributed by atoms with van der Waals surface area (Å²) >= 11 is 3.62. The van der Waals surface area contributed by atoms with Crippen molar-refractivity contribution in [2.45, 2.75) is 18.8 Å². The fraction of sp³-hybridized carbons (Fsp3) is 0.357. The average Bonchev–Trinajstić information content (AvgIpc) is 2.93. The zero-order valence-corrected chi connectivity index (χ0v) is 15.2. The standard InChI is InChI=1S/C14H15F4N5OS2/c1-19-12(14(15,16)17)7-22(8-24)6-9-2-3-11-10(4-9)21-13(5-20-25)23(11)26-18/h2-5,8,12,19,25H,6-7H2,1H3/b20-5+/t12-/m0/s1. The molecule has 1 heterocycles. The summed E-state index contributed by atoms with van der Waals surface area (Å²) in [4.78, 5) is 16.4. The van der Waals surface area contributed by atoms with Gasteiger partial charge in [-0.15, -0.1) is 3.89 Å². The Bertz CT molecular complexity index is 795. The molecule has 1 N–H and O–H groups in total. The van der Waals surface area contributed by atoms with E-state index in [4.69, 9.17) is 0 Å². The molecule has 26 heavy (non-hydrogen) atoms. The molecule has 0 aliphatic heterocycles. The van der Waals surface area contributed by atoms with Gasteiger partial charge in [0.1, 0.15) is 6.04 Å². The number of carbonyl (C=O) groups excluding carboxylic acids is 1. The highest BCUT2D eigenvalue weighted by atomic mass is 32.2. The minimum absolute atomic E-state index is 0.0423. The van der Waals surface area contributed by atoms with Crippen LogP contribution in [-0.4, -0.2) is 52.3 Å². The molecule has 1 amide bonds. The van der Waals surface area contributed by atoms with Crippen LogP contribution in [0.5, 0.6) is 0 Å². The summed E-state index contributed by atoms with van der Waals surface area (Å²) in [6.45, 7) is -0.576. The number of aromatic nitrogens is 2. The molecule has 12 heteroatoms. The highest BCUT2D eigenvalue weighted by Gasteiger charge is 2.39. The van der Waals surface area contributed by atoms with Gasteiger partial charge < -0.3 is 10.2 Å². The molecular formula is C14H15F4N5OS2. The van der Waals surface area contributed by atoms with Gasteiger partial charge in [0.05, 0.1) is 17.2 Å². The monoisotopic (exact) mass is 409 g/mol. The van der Waals surface area contributed by atoms with E-state index in [1.165, 1.54) is 17.2 Å². The van der Waals surface area contributed by atoms with E-state index in [2.05, 4.69) is 27.5 Å². The number of nitrogens with zero attached hydrogens (tertiary/aromatic N) is 4. The molecule has 1 aromatic carbocycles. The molecule has 0 saturated heterocycles. The molecule has 0 aliphatic rings. The molecule has 0 fully saturated rings. The topological polar surface area (TPSA) is 62.5 Å². The molecule has 6 nitrogen and oxygen atoms in total. The number of fused-ring (bicyclic) bond motifs is 1. The number of benzene rings is 1. The molecule has 2 aromatic rings. The van der Waals surface area contributed by atoms with E-state index < -0.39 is 18.8 Å². The van der Waals surface area contributed by atoms with E-state index in [0.29, 0.717) is 23.0 Å². The van der Waals surface area contributed by atoms with Gasteiger partial charge in [0.15, 0.2) is 18.2 Å². The SMILES string of the molecule is CN[C@@H](CN(C=O)Cc1ccc2c(c1)nc(/C=N/S)n2SF)C(F)(F)F. The first kappa shape index (κ1) is 20.5. The van der Waals surface area contributed by atoms with Crippen LogP contribution in [0.4, 0.5) is 17.1 Å². The maximum Gasteiger partial charge on any atom is 0.405 e. The predicted octanol–water partition coefficient (Wildman–Crippen LogP) is 2.79. The second-order valence-corrected chi connectivity index (χ2v) is 6.05. The second kappa shape index (κ2) is 8.73. The molecule has 0 saturated carbocycles. The molecule has 0 radical (unpaired) electrons. The number of halogens is 4. The predicted molar refractivity (Wildman–Crippen MR) is 95.8 cm³/mol. The maximum atomic E-state index is 13.1. The molecule has 1 aromatic heterocycles. The molecule has 0 unspecified atom stereocenters. The first-order valence-corrected chi connectivity index (χ1v) is 8.32. The molecule has 1 atom stereocenters. The van der Waals surface area contributed by atoms with Crippen molar-refractivity contribution in [3.63, 3.8) is 0 Å². The summed E-state index contributed by atoms with van der Waals surface area (Å²) in [5.41, 5.74) is 1.44. The average molecular weight is 409 g/mol. The Labute approximate surface area is 156 Å². The van der Waals surface area contributed by atoms with Crippen LogP contribution in [-0.2, 0) is 11.3 Å². The first-order valence-electron chi connectivity index (χ1n) is 7.25. The van der Waals surface area contributed by atoms with Crippen molar-refractivity contribution >= 4 is 48.8 Å². The summed E-state index contributed by atoms with van der Waals surface area (Å²) in [6.07, 6.45) is -2.86. The largest absolute Gasteiger partial charge is 0.405 e. The summed E-state index contributed by atoms with van der Waals surface area (Å²) in [7, 11) is 1.18.